The van der Waals surface area contributed by atoms with Gasteiger partial charge in [0.2, 0.25) is 0 Å². The Labute approximate surface area is 100 Å². The van der Waals surface area contributed by atoms with E-state index in [1.807, 2.05) is 18.2 Å². The number of rotatable bonds is 1. The summed E-state index contributed by atoms with van der Waals surface area (Å²) in [6.45, 7) is 3.22. The summed E-state index contributed by atoms with van der Waals surface area (Å²) in [6.07, 6.45) is 0. The number of fused-ring (bicyclic) bond motifs is 1. The maximum atomic E-state index is 8.94. The quantitative estimate of drug-likeness (QED) is 0.745. The minimum atomic E-state index is 0.297. The molecule has 1 saturated carbocycles. The molecule has 82 valence electrons. The third kappa shape index (κ3) is 1.32. The van der Waals surface area contributed by atoms with Gasteiger partial charge in [0, 0.05) is 29.2 Å². The van der Waals surface area contributed by atoms with Gasteiger partial charge in [0.25, 0.3) is 0 Å². The van der Waals surface area contributed by atoms with Gasteiger partial charge >= 0.3 is 0 Å². The maximum Gasteiger partial charge on any atom is 0.0663 e. The molecule has 0 N–H and O–H groups in total. The Hall–Kier alpha value is -1.20. The maximum absolute atomic E-state index is 8.94. The summed E-state index contributed by atoms with van der Waals surface area (Å²) < 4.78 is 0. The second-order valence-corrected chi connectivity index (χ2v) is 5.21. The van der Waals surface area contributed by atoms with Gasteiger partial charge in [0.1, 0.15) is 0 Å². The van der Waals surface area contributed by atoms with Crippen molar-refractivity contribution in [2.75, 3.05) is 11.4 Å². The van der Waals surface area contributed by atoms with E-state index in [1.54, 1.807) is 0 Å². The Morgan fingerprint density at radius 3 is 2.88 bits per heavy atom. The van der Waals surface area contributed by atoms with Crippen LogP contribution in [0.2, 0.25) is 5.02 Å². The van der Waals surface area contributed by atoms with Crippen molar-refractivity contribution in [3.05, 3.63) is 29.3 Å². The fourth-order valence-electron chi connectivity index (χ4n) is 3.07. The van der Waals surface area contributed by atoms with Gasteiger partial charge in [-0.1, -0.05) is 17.7 Å². The lowest BCUT2D eigenvalue weighted by Crippen LogP contribution is -2.31. The zero-order valence-electron chi connectivity index (χ0n) is 9.10. The summed E-state index contributed by atoms with van der Waals surface area (Å²) in [6, 6.07) is 10.8. The van der Waals surface area contributed by atoms with E-state index in [4.69, 9.17) is 16.9 Å². The average molecular weight is 233 g/mol. The summed E-state index contributed by atoms with van der Waals surface area (Å²) in [5, 5.41) is 9.72. The van der Waals surface area contributed by atoms with E-state index >= 15 is 0 Å². The number of piperidine rings is 1. The van der Waals surface area contributed by atoms with Crippen molar-refractivity contribution < 1.29 is 0 Å². The van der Waals surface area contributed by atoms with Crippen LogP contribution in [-0.2, 0) is 0 Å². The first-order valence-corrected chi connectivity index (χ1v) is 6.02. The van der Waals surface area contributed by atoms with Crippen molar-refractivity contribution in [3.8, 4) is 6.07 Å². The number of nitrogens with zero attached hydrogens (tertiary/aromatic N) is 2. The van der Waals surface area contributed by atoms with Gasteiger partial charge in [-0.25, -0.2) is 0 Å². The molecule has 1 unspecified atom stereocenters. The molecule has 1 aliphatic carbocycles. The molecule has 2 aliphatic rings. The van der Waals surface area contributed by atoms with Crippen LogP contribution >= 0.6 is 11.6 Å². The van der Waals surface area contributed by atoms with Crippen LogP contribution in [0.5, 0.6) is 0 Å². The largest absolute Gasteiger partial charge is 0.368 e. The first-order chi connectivity index (χ1) is 7.72. The molecule has 3 rings (SSSR count). The Morgan fingerprint density at radius 1 is 1.50 bits per heavy atom. The van der Waals surface area contributed by atoms with Crippen LogP contribution in [0.4, 0.5) is 5.69 Å². The monoisotopic (exact) mass is 232 g/mol. The lowest BCUT2D eigenvalue weighted by molar-refractivity contribution is 0.612. The van der Waals surface area contributed by atoms with E-state index < -0.39 is 0 Å². The van der Waals surface area contributed by atoms with Crippen molar-refractivity contribution in [2.45, 2.75) is 13.0 Å². The van der Waals surface area contributed by atoms with Crippen molar-refractivity contribution in [3.63, 3.8) is 0 Å². The zero-order chi connectivity index (χ0) is 11.3. The number of hydrogen-bond acceptors (Lipinski definition) is 2. The Balaban J connectivity index is 1.83. The molecule has 2 nitrogen and oxygen atoms in total. The molecule has 1 heterocycles. The van der Waals surface area contributed by atoms with Crippen molar-refractivity contribution in [1.29, 1.82) is 5.26 Å². The molecule has 2 fully saturated rings. The lowest BCUT2D eigenvalue weighted by Gasteiger charge is -2.27. The van der Waals surface area contributed by atoms with Gasteiger partial charge in [-0.15, -0.1) is 0 Å². The highest BCUT2D eigenvalue weighted by Gasteiger charge is 2.60. The highest BCUT2D eigenvalue weighted by Crippen LogP contribution is 2.55. The number of hydrogen-bond donors (Lipinski definition) is 0. The highest BCUT2D eigenvalue weighted by molar-refractivity contribution is 6.30. The molecule has 0 spiro atoms. The molecule has 1 saturated heterocycles. The topological polar surface area (TPSA) is 27.0 Å². The fourth-order valence-corrected chi connectivity index (χ4v) is 3.26. The molecule has 0 amide bonds. The van der Waals surface area contributed by atoms with E-state index in [0.717, 1.165) is 11.6 Å². The van der Waals surface area contributed by atoms with Gasteiger partial charge in [-0.2, -0.15) is 5.26 Å². The molecule has 4 atom stereocenters. The predicted octanol–water partition coefficient (Wildman–Crippen LogP) is 2.93. The smallest absolute Gasteiger partial charge is 0.0663 e. The lowest BCUT2D eigenvalue weighted by atomic mass is 10.1. The van der Waals surface area contributed by atoms with Crippen LogP contribution in [0.3, 0.4) is 0 Å². The van der Waals surface area contributed by atoms with Crippen LogP contribution in [0.25, 0.3) is 0 Å². The third-order valence-electron chi connectivity index (χ3n) is 3.97. The molecule has 16 heavy (non-hydrogen) atoms. The molecule has 3 heteroatoms. The molecule has 1 aliphatic heterocycles. The van der Waals surface area contributed by atoms with E-state index in [0.29, 0.717) is 23.8 Å². The second-order valence-electron chi connectivity index (χ2n) is 4.77. The second kappa shape index (κ2) is 3.40. The molecule has 1 aromatic rings. The van der Waals surface area contributed by atoms with Crippen molar-refractivity contribution in [1.82, 2.24) is 0 Å². The Bertz CT molecular complexity index is 465. The summed E-state index contributed by atoms with van der Waals surface area (Å²) in [5.74, 6) is 1.45. The van der Waals surface area contributed by atoms with E-state index in [1.165, 1.54) is 5.69 Å². The molecular weight excluding hydrogens is 220 g/mol. The normalized spacial score (nSPS) is 35.7. The van der Waals surface area contributed by atoms with Crippen LogP contribution in [0, 0.1) is 29.1 Å². The summed E-state index contributed by atoms with van der Waals surface area (Å²) in [7, 11) is 0. The first-order valence-electron chi connectivity index (χ1n) is 5.64. The third-order valence-corrected chi connectivity index (χ3v) is 4.21. The number of benzene rings is 1. The van der Waals surface area contributed by atoms with Crippen LogP contribution in [0.15, 0.2) is 24.3 Å². The van der Waals surface area contributed by atoms with Crippen LogP contribution in [0.1, 0.15) is 6.92 Å². The van der Waals surface area contributed by atoms with E-state index in [2.05, 4.69) is 24.0 Å². The molecule has 0 bridgehead atoms. The van der Waals surface area contributed by atoms with Gasteiger partial charge in [0.05, 0.1) is 12.0 Å². The van der Waals surface area contributed by atoms with Gasteiger partial charge < -0.3 is 4.90 Å². The molecular formula is C13H13ClN2. The molecule has 0 radical (unpaired) electrons. The van der Waals surface area contributed by atoms with E-state index in [9.17, 15) is 0 Å². The Morgan fingerprint density at radius 2 is 2.31 bits per heavy atom. The SMILES string of the molecule is CC1[C@H]2[C@H](C#N)[C@H]2CN1c1cccc(Cl)c1. The summed E-state index contributed by atoms with van der Waals surface area (Å²) in [4.78, 5) is 2.37. The number of halogens is 1. The summed E-state index contributed by atoms with van der Waals surface area (Å²) in [5.41, 5.74) is 1.18. The minimum Gasteiger partial charge on any atom is -0.368 e. The van der Waals surface area contributed by atoms with Gasteiger partial charge in [-0.3, -0.25) is 0 Å². The summed E-state index contributed by atoms with van der Waals surface area (Å²) >= 11 is 6.00. The molecule has 0 aromatic heterocycles. The fraction of sp³-hybridized carbons (Fsp3) is 0.462. The van der Waals surface area contributed by atoms with Gasteiger partial charge in [0.15, 0.2) is 0 Å². The van der Waals surface area contributed by atoms with Crippen molar-refractivity contribution in [2.24, 2.45) is 17.8 Å². The Kier molecular flexibility index (Phi) is 2.12. The average Bonchev–Trinajstić information content (AvgIpc) is 2.88. The van der Waals surface area contributed by atoms with Gasteiger partial charge in [-0.05, 0) is 31.0 Å². The highest BCUT2D eigenvalue weighted by atomic mass is 35.5. The first kappa shape index (κ1) is 9.99. The number of anilines is 1. The molecule has 1 aromatic carbocycles. The van der Waals surface area contributed by atoms with Crippen LogP contribution < -0.4 is 4.90 Å². The van der Waals surface area contributed by atoms with Crippen LogP contribution in [-0.4, -0.2) is 12.6 Å². The van der Waals surface area contributed by atoms with E-state index in [-0.39, 0.29) is 0 Å². The minimum absolute atomic E-state index is 0.297. The predicted molar refractivity (Wildman–Crippen MR) is 64.3 cm³/mol. The standard InChI is InChI=1S/C13H13ClN2/c1-8-13-11(6-15)12(13)7-16(8)10-4-2-3-9(14)5-10/h2-5,8,11-13H,7H2,1H3/t8?,11-,12-,13+/m1/s1. The zero-order valence-corrected chi connectivity index (χ0v) is 9.85. The van der Waals surface area contributed by atoms with Crippen molar-refractivity contribution >= 4 is 17.3 Å². The number of nitriles is 1.